The van der Waals surface area contributed by atoms with Crippen LogP contribution in [0.15, 0.2) is 28.5 Å². The first-order valence-electron chi connectivity index (χ1n) is 7.26. The largest absolute Gasteiger partial charge is 0.508 e. The molecule has 1 aliphatic rings. The van der Waals surface area contributed by atoms with Crippen molar-refractivity contribution in [3.05, 3.63) is 23.8 Å². The number of aromatic hydroxyl groups is 2. The Kier molecular flexibility index (Phi) is 4.85. The molecule has 1 fully saturated rings. The molecule has 0 bridgehead atoms. The number of thioether (sulfide) groups is 1. The van der Waals surface area contributed by atoms with Crippen LogP contribution in [0.3, 0.4) is 0 Å². The van der Waals surface area contributed by atoms with E-state index in [1.54, 1.807) is 0 Å². The number of carbonyl (C=O) groups is 1. The molecule has 1 saturated carbocycles. The van der Waals surface area contributed by atoms with Crippen molar-refractivity contribution >= 4 is 29.8 Å². The highest BCUT2D eigenvalue weighted by Gasteiger charge is 2.23. The van der Waals surface area contributed by atoms with Crippen LogP contribution in [0.1, 0.15) is 18.4 Å². The van der Waals surface area contributed by atoms with Crippen LogP contribution in [0, 0.1) is 0 Å². The number of phenolic OH excluding ortho intramolecular Hbond substituents is 2. The number of aromatic nitrogens is 3. The molecule has 0 atom stereocenters. The summed E-state index contributed by atoms with van der Waals surface area (Å²) >= 11 is 1.23. The van der Waals surface area contributed by atoms with Crippen molar-refractivity contribution in [3.63, 3.8) is 0 Å². The van der Waals surface area contributed by atoms with Gasteiger partial charge in [-0.1, -0.05) is 11.8 Å². The van der Waals surface area contributed by atoms with E-state index in [4.69, 9.17) is 0 Å². The Hall–Kier alpha value is -2.75. The average molecular weight is 348 g/mol. The molecule has 0 saturated heterocycles. The van der Waals surface area contributed by atoms with E-state index in [-0.39, 0.29) is 23.2 Å². The molecule has 126 valence electrons. The van der Waals surface area contributed by atoms with E-state index in [1.165, 1.54) is 36.2 Å². The zero-order valence-electron chi connectivity index (χ0n) is 12.6. The monoisotopic (exact) mass is 348 g/mol. The highest BCUT2D eigenvalue weighted by Crippen LogP contribution is 2.21. The summed E-state index contributed by atoms with van der Waals surface area (Å²) in [6.45, 7) is 0. The van der Waals surface area contributed by atoms with Gasteiger partial charge in [0.1, 0.15) is 11.5 Å². The molecule has 9 nitrogen and oxygen atoms in total. The summed E-state index contributed by atoms with van der Waals surface area (Å²) in [6, 6.07) is 4.53. The summed E-state index contributed by atoms with van der Waals surface area (Å²) in [7, 11) is 0. The summed E-state index contributed by atoms with van der Waals surface area (Å²) < 4.78 is 0. The Morgan fingerprint density at radius 1 is 1.46 bits per heavy atom. The second kappa shape index (κ2) is 7.21. The number of nitrogens with one attached hydrogen (secondary N) is 3. The maximum atomic E-state index is 11.6. The lowest BCUT2D eigenvalue weighted by molar-refractivity contribution is -0.118. The van der Waals surface area contributed by atoms with Crippen molar-refractivity contribution in [2.45, 2.75) is 24.0 Å². The van der Waals surface area contributed by atoms with Gasteiger partial charge in [0, 0.05) is 17.7 Å². The van der Waals surface area contributed by atoms with Crippen LogP contribution in [0.5, 0.6) is 11.5 Å². The van der Waals surface area contributed by atoms with Gasteiger partial charge in [0.15, 0.2) is 0 Å². The van der Waals surface area contributed by atoms with E-state index in [0.29, 0.717) is 22.7 Å². The molecule has 2 aromatic rings. The first kappa shape index (κ1) is 16.1. The molecule has 1 aromatic carbocycles. The molecule has 0 aliphatic heterocycles. The van der Waals surface area contributed by atoms with E-state index in [2.05, 4.69) is 31.0 Å². The van der Waals surface area contributed by atoms with Gasteiger partial charge in [0.05, 0.1) is 12.0 Å². The highest BCUT2D eigenvalue weighted by atomic mass is 32.2. The average Bonchev–Trinajstić information content (AvgIpc) is 3.23. The predicted molar refractivity (Wildman–Crippen MR) is 89.3 cm³/mol. The summed E-state index contributed by atoms with van der Waals surface area (Å²) in [5, 5.41) is 32.7. The number of rotatable bonds is 7. The van der Waals surface area contributed by atoms with E-state index in [9.17, 15) is 15.0 Å². The van der Waals surface area contributed by atoms with Gasteiger partial charge >= 0.3 is 0 Å². The van der Waals surface area contributed by atoms with Crippen LogP contribution in [0.2, 0.25) is 0 Å². The summed E-state index contributed by atoms with van der Waals surface area (Å²) in [5.41, 5.74) is 3.07. The minimum atomic E-state index is -0.0870. The lowest BCUT2D eigenvalue weighted by Crippen LogP contribution is -2.27. The lowest BCUT2D eigenvalue weighted by Gasteiger charge is -2.00. The van der Waals surface area contributed by atoms with Crippen LogP contribution in [0.4, 0.5) is 5.95 Å². The molecule has 5 N–H and O–H groups in total. The predicted octanol–water partition coefficient (Wildman–Crippen LogP) is 1.03. The number of amides is 1. The van der Waals surface area contributed by atoms with Crippen LogP contribution < -0.4 is 10.7 Å². The van der Waals surface area contributed by atoms with E-state index in [1.807, 2.05) is 0 Å². The minimum absolute atomic E-state index is 0.0253. The molecule has 0 unspecified atom stereocenters. The van der Waals surface area contributed by atoms with E-state index >= 15 is 0 Å². The number of hydrogen-bond acceptors (Lipinski definition) is 8. The molecular formula is C14H16N6O3S. The van der Waals surface area contributed by atoms with Crippen molar-refractivity contribution in [1.29, 1.82) is 0 Å². The van der Waals surface area contributed by atoms with Crippen molar-refractivity contribution in [3.8, 4) is 11.5 Å². The zero-order chi connectivity index (χ0) is 16.9. The fourth-order valence-electron chi connectivity index (χ4n) is 1.79. The Morgan fingerprint density at radius 3 is 3.04 bits per heavy atom. The molecule has 3 rings (SSSR count). The van der Waals surface area contributed by atoms with Gasteiger partial charge in [-0.15, -0.1) is 5.10 Å². The number of hydrogen-bond donors (Lipinski definition) is 5. The molecule has 0 radical (unpaired) electrons. The third-order valence-electron chi connectivity index (χ3n) is 3.13. The van der Waals surface area contributed by atoms with Crippen molar-refractivity contribution in [1.82, 2.24) is 20.5 Å². The van der Waals surface area contributed by atoms with Crippen molar-refractivity contribution in [2.24, 2.45) is 5.10 Å². The Labute approximate surface area is 141 Å². The fraction of sp³-hybridized carbons (Fsp3) is 0.286. The molecule has 1 amide bonds. The first-order chi connectivity index (χ1) is 11.6. The van der Waals surface area contributed by atoms with Crippen molar-refractivity contribution in [2.75, 3.05) is 11.2 Å². The third kappa shape index (κ3) is 4.62. The summed E-state index contributed by atoms with van der Waals surface area (Å²) in [4.78, 5) is 15.7. The molecule has 24 heavy (non-hydrogen) atoms. The number of H-pyrrole nitrogens is 1. The van der Waals surface area contributed by atoms with E-state index in [0.717, 1.165) is 12.8 Å². The molecule has 0 spiro atoms. The number of nitrogens with zero attached hydrogens (tertiary/aromatic N) is 3. The van der Waals surface area contributed by atoms with Gasteiger partial charge in [0.25, 0.3) is 0 Å². The Morgan fingerprint density at radius 2 is 2.29 bits per heavy atom. The Bertz CT molecular complexity index is 759. The van der Waals surface area contributed by atoms with Gasteiger partial charge in [-0.25, -0.2) is 10.5 Å². The SMILES string of the molecule is O=C(CSc1n[nH]c(N/N=C\c2ccc(O)cc2O)n1)NC1CC1. The summed E-state index contributed by atoms with van der Waals surface area (Å²) in [6.07, 6.45) is 3.49. The number of hydrazone groups is 1. The molecule has 10 heteroatoms. The number of aromatic amines is 1. The zero-order valence-corrected chi connectivity index (χ0v) is 13.4. The quantitative estimate of drug-likeness (QED) is 0.286. The number of phenols is 2. The highest BCUT2D eigenvalue weighted by molar-refractivity contribution is 7.99. The van der Waals surface area contributed by atoms with Gasteiger partial charge < -0.3 is 15.5 Å². The second-order valence-corrected chi connectivity index (χ2v) is 6.15. The topological polar surface area (TPSA) is 136 Å². The third-order valence-corrected chi connectivity index (χ3v) is 3.98. The van der Waals surface area contributed by atoms with Gasteiger partial charge in [-0.05, 0) is 25.0 Å². The number of benzene rings is 1. The maximum absolute atomic E-state index is 11.6. The van der Waals surface area contributed by atoms with Gasteiger partial charge in [-0.3, -0.25) is 4.79 Å². The van der Waals surface area contributed by atoms with Gasteiger partial charge in [0.2, 0.25) is 17.0 Å². The Balaban J connectivity index is 1.48. The molecule has 1 aromatic heterocycles. The second-order valence-electron chi connectivity index (χ2n) is 5.21. The number of carbonyl (C=O) groups excluding carboxylic acids is 1. The standard InChI is InChI=1S/C14H16N6O3S/c21-10-4-1-8(11(22)5-10)6-15-18-13-17-14(20-19-13)24-7-12(23)16-9-2-3-9/h1,4-6,9,21-22H,2-3,7H2,(H,16,23)(H2,17,18,19,20)/b15-6-. The van der Waals surface area contributed by atoms with Crippen LogP contribution in [0.25, 0.3) is 0 Å². The fourth-order valence-corrected chi connectivity index (χ4v) is 2.40. The van der Waals surface area contributed by atoms with Crippen LogP contribution in [-0.2, 0) is 4.79 Å². The van der Waals surface area contributed by atoms with Crippen molar-refractivity contribution < 1.29 is 15.0 Å². The maximum Gasteiger partial charge on any atom is 0.240 e. The lowest BCUT2D eigenvalue weighted by atomic mass is 10.2. The molecular weight excluding hydrogens is 332 g/mol. The molecule has 1 aliphatic carbocycles. The normalized spacial score (nSPS) is 14.0. The van der Waals surface area contributed by atoms with E-state index < -0.39 is 0 Å². The smallest absolute Gasteiger partial charge is 0.240 e. The molecule has 1 heterocycles. The summed E-state index contributed by atoms with van der Waals surface area (Å²) in [5.74, 6) is 0.437. The minimum Gasteiger partial charge on any atom is -0.508 e. The van der Waals surface area contributed by atoms with Crippen LogP contribution in [-0.4, -0.2) is 49.3 Å². The first-order valence-corrected chi connectivity index (χ1v) is 8.24. The number of anilines is 1. The van der Waals surface area contributed by atoms with Gasteiger partial charge in [-0.2, -0.15) is 10.1 Å². The van der Waals surface area contributed by atoms with Crippen LogP contribution >= 0.6 is 11.8 Å².